The van der Waals surface area contributed by atoms with Crippen LogP contribution in [0.4, 0.5) is 5.69 Å². The van der Waals surface area contributed by atoms with E-state index < -0.39 is 0 Å². The van der Waals surface area contributed by atoms with Gasteiger partial charge in [-0.05, 0) is 42.1 Å². The number of aromatic nitrogens is 1. The molecule has 8 heteroatoms. The van der Waals surface area contributed by atoms with E-state index in [1.807, 2.05) is 12.1 Å². The van der Waals surface area contributed by atoms with Crippen LogP contribution in [0, 0.1) is 0 Å². The van der Waals surface area contributed by atoms with Crippen LogP contribution in [0.5, 0.6) is 0 Å². The smallest absolute Gasteiger partial charge is 0.275 e. The van der Waals surface area contributed by atoms with Gasteiger partial charge in [0.1, 0.15) is 4.88 Å². The van der Waals surface area contributed by atoms with Gasteiger partial charge in [0.05, 0.1) is 5.69 Å². The third kappa shape index (κ3) is 3.52. The van der Waals surface area contributed by atoms with Gasteiger partial charge in [0, 0.05) is 24.7 Å². The molecule has 1 aliphatic rings. The average Bonchev–Trinajstić information content (AvgIpc) is 3.23. The minimum atomic E-state index is -0.333. The molecule has 3 rings (SSSR count). The number of anilines is 1. The van der Waals surface area contributed by atoms with Gasteiger partial charge in [-0.2, -0.15) is 4.37 Å². The molecule has 1 saturated heterocycles. The summed E-state index contributed by atoms with van der Waals surface area (Å²) in [6.45, 7) is 1.78. The lowest BCUT2D eigenvalue weighted by Crippen LogP contribution is -2.29. The van der Waals surface area contributed by atoms with Gasteiger partial charge in [0.2, 0.25) is 0 Å². The van der Waals surface area contributed by atoms with Crippen LogP contribution in [0.15, 0.2) is 24.3 Å². The Labute approximate surface area is 148 Å². The zero-order valence-electron chi connectivity index (χ0n) is 12.9. The number of nitrogens with two attached hydrogens (primary N) is 1. The molecule has 3 N–H and O–H groups in total. The van der Waals surface area contributed by atoms with Crippen molar-refractivity contribution in [3.63, 3.8) is 0 Å². The second kappa shape index (κ2) is 7.19. The van der Waals surface area contributed by atoms with Gasteiger partial charge >= 0.3 is 0 Å². The van der Waals surface area contributed by atoms with Gasteiger partial charge in [0.15, 0.2) is 5.69 Å². The van der Waals surface area contributed by atoms with Crippen LogP contribution >= 0.6 is 23.1 Å². The molecular formula is C16H17ClN4O2S. The van der Waals surface area contributed by atoms with E-state index in [4.69, 9.17) is 17.3 Å². The summed E-state index contributed by atoms with van der Waals surface area (Å²) < 4.78 is 4.10. The van der Waals surface area contributed by atoms with E-state index in [0.717, 1.165) is 29.9 Å². The Kier molecular flexibility index (Phi) is 5.01. The SMILES string of the molecule is Nc1c(C(=O)N2CCCC2)nsc1C(=O)NCc1ccc(Cl)cc1. The molecule has 1 fully saturated rings. The molecule has 0 spiro atoms. The Morgan fingerprint density at radius 3 is 2.58 bits per heavy atom. The molecule has 0 radical (unpaired) electrons. The summed E-state index contributed by atoms with van der Waals surface area (Å²) in [5, 5.41) is 3.42. The van der Waals surface area contributed by atoms with Crippen molar-refractivity contribution < 1.29 is 9.59 Å². The molecule has 6 nitrogen and oxygen atoms in total. The number of carbonyl (C=O) groups excluding carboxylic acids is 2. The normalized spacial score (nSPS) is 14.0. The third-order valence-corrected chi connectivity index (χ3v) is 5.01. The molecule has 0 unspecified atom stereocenters. The van der Waals surface area contributed by atoms with Crippen LogP contribution in [-0.2, 0) is 6.54 Å². The first-order valence-electron chi connectivity index (χ1n) is 7.63. The molecule has 0 aliphatic carbocycles. The maximum Gasteiger partial charge on any atom is 0.275 e. The average molecular weight is 365 g/mol. The lowest BCUT2D eigenvalue weighted by atomic mass is 10.2. The van der Waals surface area contributed by atoms with Gasteiger partial charge in [-0.3, -0.25) is 9.59 Å². The molecule has 1 aromatic heterocycles. The maximum absolute atomic E-state index is 12.4. The van der Waals surface area contributed by atoms with E-state index in [2.05, 4.69) is 9.69 Å². The van der Waals surface area contributed by atoms with Crippen molar-refractivity contribution in [2.45, 2.75) is 19.4 Å². The van der Waals surface area contributed by atoms with Gasteiger partial charge < -0.3 is 16.0 Å². The number of hydrogen-bond acceptors (Lipinski definition) is 5. The Morgan fingerprint density at radius 1 is 1.25 bits per heavy atom. The molecule has 2 heterocycles. The molecule has 1 aliphatic heterocycles. The van der Waals surface area contributed by atoms with Crippen LogP contribution < -0.4 is 11.1 Å². The minimum absolute atomic E-state index is 0.158. The topological polar surface area (TPSA) is 88.3 Å². The molecule has 2 amide bonds. The van der Waals surface area contributed by atoms with E-state index in [1.54, 1.807) is 17.0 Å². The molecule has 126 valence electrons. The van der Waals surface area contributed by atoms with Crippen molar-refractivity contribution in [1.82, 2.24) is 14.6 Å². The molecule has 0 atom stereocenters. The zero-order valence-corrected chi connectivity index (χ0v) is 14.5. The van der Waals surface area contributed by atoms with E-state index >= 15 is 0 Å². The Balaban J connectivity index is 1.67. The summed E-state index contributed by atoms with van der Waals surface area (Å²) in [6, 6.07) is 7.19. The molecule has 2 aromatic rings. The van der Waals surface area contributed by atoms with Crippen molar-refractivity contribution in [2.75, 3.05) is 18.8 Å². The quantitative estimate of drug-likeness (QED) is 0.872. The van der Waals surface area contributed by atoms with Crippen molar-refractivity contribution >= 4 is 40.6 Å². The van der Waals surface area contributed by atoms with E-state index in [9.17, 15) is 9.59 Å². The minimum Gasteiger partial charge on any atom is -0.395 e. The summed E-state index contributed by atoms with van der Waals surface area (Å²) in [7, 11) is 0. The third-order valence-electron chi connectivity index (χ3n) is 3.90. The monoisotopic (exact) mass is 364 g/mol. The summed E-state index contributed by atoms with van der Waals surface area (Å²) in [4.78, 5) is 26.6. The predicted molar refractivity (Wildman–Crippen MR) is 94.3 cm³/mol. The molecule has 1 aromatic carbocycles. The number of hydrogen-bond donors (Lipinski definition) is 2. The lowest BCUT2D eigenvalue weighted by Gasteiger charge is -2.13. The van der Waals surface area contributed by atoms with Gasteiger partial charge in [-0.1, -0.05) is 23.7 Å². The summed E-state index contributed by atoms with van der Waals surface area (Å²) >= 11 is 6.78. The number of benzene rings is 1. The first-order valence-corrected chi connectivity index (χ1v) is 8.78. The Morgan fingerprint density at radius 2 is 1.92 bits per heavy atom. The maximum atomic E-state index is 12.4. The number of nitrogens with zero attached hydrogens (tertiary/aromatic N) is 2. The van der Waals surface area contributed by atoms with Gasteiger partial charge in [-0.25, -0.2) is 0 Å². The zero-order chi connectivity index (χ0) is 17.1. The number of halogens is 1. The van der Waals surface area contributed by atoms with Gasteiger partial charge in [-0.15, -0.1) is 0 Å². The standard InChI is InChI=1S/C16H17ClN4O2S/c17-11-5-3-10(4-6-11)9-19-15(22)14-12(18)13(20-24-14)16(23)21-7-1-2-8-21/h3-6H,1-2,7-9,18H2,(H,19,22). The largest absolute Gasteiger partial charge is 0.395 e. The molecule has 24 heavy (non-hydrogen) atoms. The highest BCUT2D eigenvalue weighted by Crippen LogP contribution is 2.24. The van der Waals surface area contributed by atoms with Crippen molar-refractivity contribution in [3.8, 4) is 0 Å². The van der Waals surface area contributed by atoms with E-state index in [0.29, 0.717) is 24.7 Å². The number of carbonyl (C=O) groups is 2. The summed E-state index contributed by atoms with van der Waals surface area (Å²) in [5.74, 6) is -0.529. The first kappa shape index (κ1) is 16.7. The fourth-order valence-corrected chi connectivity index (χ4v) is 3.39. The number of rotatable bonds is 4. The summed E-state index contributed by atoms with van der Waals surface area (Å²) in [5.41, 5.74) is 7.24. The highest BCUT2D eigenvalue weighted by molar-refractivity contribution is 7.09. The van der Waals surface area contributed by atoms with Gasteiger partial charge in [0.25, 0.3) is 11.8 Å². The van der Waals surface area contributed by atoms with Crippen LogP contribution in [0.1, 0.15) is 38.6 Å². The van der Waals surface area contributed by atoms with Crippen molar-refractivity contribution in [1.29, 1.82) is 0 Å². The Hall–Kier alpha value is -2.12. The second-order valence-corrected chi connectivity index (χ2v) is 6.79. The molecular weight excluding hydrogens is 348 g/mol. The van der Waals surface area contributed by atoms with Crippen LogP contribution in [0.25, 0.3) is 0 Å². The highest BCUT2D eigenvalue weighted by atomic mass is 35.5. The first-order chi connectivity index (χ1) is 11.6. The fourth-order valence-electron chi connectivity index (χ4n) is 2.55. The van der Waals surface area contributed by atoms with Crippen molar-refractivity contribution in [2.24, 2.45) is 0 Å². The van der Waals surface area contributed by atoms with E-state index in [1.165, 1.54) is 0 Å². The van der Waals surface area contributed by atoms with Crippen molar-refractivity contribution in [3.05, 3.63) is 45.4 Å². The van der Waals surface area contributed by atoms with Crippen LogP contribution in [0.2, 0.25) is 5.02 Å². The Bertz CT molecular complexity index is 754. The molecule has 0 bridgehead atoms. The lowest BCUT2D eigenvalue weighted by molar-refractivity contribution is 0.0789. The number of likely N-dealkylation sites (tertiary alicyclic amines) is 1. The van der Waals surface area contributed by atoms with Crippen LogP contribution in [0.3, 0.4) is 0 Å². The summed E-state index contributed by atoms with van der Waals surface area (Å²) in [6.07, 6.45) is 1.98. The predicted octanol–water partition coefficient (Wildman–Crippen LogP) is 2.54. The highest BCUT2D eigenvalue weighted by Gasteiger charge is 2.27. The van der Waals surface area contributed by atoms with E-state index in [-0.39, 0.29) is 28.1 Å². The number of amides is 2. The number of nitrogen functional groups attached to an aromatic ring is 1. The number of nitrogens with one attached hydrogen (secondary N) is 1. The van der Waals surface area contributed by atoms with Crippen LogP contribution in [-0.4, -0.2) is 34.2 Å². The second-order valence-electron chi connectivity index (χ2n) is 5.58. The molecule has 0 saturated carbocycles. The fraction of sp³-hybridized carbons (Fsp3) is 0.312.